The van der Waals surface area contributed by atoms with Gasteiger partial charge in [-0.3, -0.25) is 4.79 Å². The highest BCUT2D eigenvalue weighted by Crippen LogP contribution is 2.36. The highest BCUT2D eigenvalue weighted by atomic mass is 16.6. The van der Waals surface area contributed by atoms with E-state index in [1.807, 2.05) is 12.2 Å². The van der Waals surface area contributed by atoms with E-state index in [0.717, 1.165) is 0 Å². The molecule has 3 rings (SSSR count). The van der Waals surface area contributed by atoms with Gasteiger partial charge < -0.3 is 34.6 Å². The molecular weight excluding hydrogens is 344 g/mol. The van der Waals surface area contributed by atoms with Gasteiger partial charge in [-0.05, 0) is 19.3 Å². The summed E-state index contributed by atoms with van der Waals surface area (Å²) in [6, 6.07) is 0. The first kappa shape index (κ1) is 19.5. The average molecular weight is 370 g/mol. The van der Waals surface area contributed by atoms with Crippen LogP contribution in [0.25, 0.3) is 0 Å². The molecule has 0 unspecified atom stereocenters. The second-order valence-electron chi connectivity index (χ2n) is 6.97. The standard InChI is InChI=1S/C18H26O8/c19-9-10(20)4-5-11-2-1-3-13-17(24-11)16(23)18-14(26-13)7-6-12(25-18)8-15(21)22/h1-2,4-5,10-14,16-20,23H,3,6-9H2,(H,21,22)/b5-4+/t10-,11+,12-,13-,14+,16+,17-,18+/m0/s1. The number of aliphatic carboxylic acids is 1. The molecule has 0 aromatic carbocycles. The van der Waals surface area contributed by atoms with Crippen LogP contribution in [0.5, 0.6) is 0 Å². The number of aliphatic hydroxyl groups is 3. The summed E-state index contributed by atoms with van der Waals surface area (Å²) in [6.07, 6.45) is 3.81. The molecule has 3 aliphatic heterocycles. The predicted octanol–water partition coefficient (Wildman–Crippen LogP) is -0.240. The quantitative estimate of drug-likeness (QED) is 0.489. The lowest BCUT2D eigenvalue weighted by molar-refractivity contribution is -0.272. The third-order valence-corrected chi connectivity index (χ3v) is 5.00. The minimum atomic E-state index is -0.971. The van der Waals surface area contributed by atoms with Crippen LogP contribution in [0.3, 0.4) is 0 Å². The summed E-state index contributed by atoms with van der Waals surface area (Å²) < 4.78 is 17.8. The molecule has 2 fully saturated rings. The zero-order chi connectivity index (χ0) is 18.7. The molecule has 0 aliphatic carbocycles. The first-order chi connectivity index (χ1) is 12.5. The molecule has 3 heterocycles. The lowest BCUT2D eigenvalue weighted by atomic mass is 9.88. The van der Waals surface area contributed by atoms with Crippen LogP contribution < -0.4 is 0 Å². The molecule has 0 bridgehead atoms. The largest absolute Gasteiger partial charge is 0.481 e. The molecule has 8 heteroatoms. The molecule has 2 saturated heterocycles. The van der Waals surface area contributed by atoms with Crippen LogP contribution in [0.1, 0.15) is 25.7 Å². The van der Waals surface area contributed by atoms with Gasteiger partial charge in [0, 0.05) is 0 Å². The highest BCUT2D eigenvalue weighted by molar-refractivity contribution is 5.67. The van der Waals surface area contributed by atoms with Crippen LogP contribution in [-0.2, 0) is 19.0 Å². The van der Waals surface area contributed by atoms with Gasteiger partial charge in [-0.25, -0.2) is 0 Å². The van der Waals surface area contributed by atoms with Crippen LogP contribution in [-0.4, -0.2) is 81.8 Å². The number of aliphatic hydroxyl groups excluding tert-OH is 3. The summed E-state index contributed by atoms with van der Waals surface area (Å²) in [5.41, 5.74) is 0. The molecule has 0 aromatic rings. The number of carboxylic acids is 1. The number of ether oxygens (including phenoxy) is 3. The summed E-state index contributed by atoms with van der Waals surface area (Å²) in [6.45, 7) is -0.382. The van der Waals surface area contributed by atoms with E-state index in [2.05, 4.69) is 0 Å². The van der Waals surface area contributed by atoms with Gasteiger partial charge in [0.05, 0.1) is 43.5 Å². The summed E-state index contributed by atoms with van der Waals surface area (Å²) >= 11 is 0. The minimum Gasteiger partial charge on any atom is -0.481 e. The fraction of sp³-hybridized carbons (Fsp3) is 0.722. The molecule has 4 N–H and O–H groups in total. The molecule has 0 aromatic heterocycles. The van der Waals surface area contributed by atoms with Gasteiger partial charge in [0.1, 0.15) is 18.3 Å². The summed E-state index contributed by atoms with van der Waals surface area (Å²) in [7, 11) is 0. The van der Waals surface area contributed by atoms with E-state index in [4.69, 9.17) is 24.4 Å². The monoisotopic (exact) mass is 370 g/mol. The van der Waals surface area contributed by atoms with Crippen molar-refractivity contribution in [2.75, 3.05) is 6.61 Å². The van der Waals surface area contributed by atoms with E-state index >= 15 is 0 Å². The van der Waals surface area contributed by atoms with Crippen molar-refractivity contribution in [3.05, 3.63) is 24.3 Å². The van der Waals surface area contributed by atoms with Crippen molar-refractivity contribution < 1.29 is 39.4 Å². The maximum atomic E-state index is 10.9. The maximum absolute atomic E-state index is 10.9. The van der Waals surface area contributed by atoms with Gasteiger partial charge in [0.15, 0.2) is 0 Å². The Morgan fingerprint density at radius 2 is 1.96 bits per heavy atom. The van der Waals surface area contributed by atoms with Crippen molar-refractivity contribution in [1.82, 2.24) is 0 Å². The Hall–Kier alpha value is -1.29. The molecule has 0 saturated carbocycles. The van der Waals surface area contributed by atoms with Crippen molar-refractivity contribution in [2.24, 2.45) is 0 Å². The topological polar surface area (TPSA) is 126 Å². The van der Waals surface area contributed by atoms with Gasteiger partial charge in [-0.1, -0.05) is 24.3 Å². The van der Waals surface area contributed by atoms with Crippen molar-refractivity contribution in [2.45, 2.75) is 74.5 Å². The third kappa shape index (κ3) is 4.51. The number of hydrogen-bond acceptors (Lipinski definition) is 7. The van der Waals surface area contributed by atoms with Crippen molar-refractivity contribution in [1.29, 1.82) is 0 Å². The smallest absolute Gasteiger partial charge is 0.305 e. The van der Waals surface area contributed by atoms with Crippen molar-refractivity contribution in [3.8, 4) is 0 Å². The van der Waals surface area contributed by atoms with E-state index in [1.165, 1.54) is 6.08 Å². The molecule has 3 aliphatic rings. The molecule has 146 valence electrons. The second-order valence-corrected chi connectivity index (χ2v) is 6.97. The summed E-state index contributed by atoms with van der Waals surface area (Å²) in [5, 5.41) is 38.1. The Morgan fingerprint density at radius 3 is 2.69 bits per heavy atom. The average Bonchev–Trinajstić information content (AvgIpc) is 2.82. The van der Waals surface area contributed by atoms with E-state index in [9.17, 15) is 15.0 Å². The molecule has 0 radical (unpaired) electrons. The molecule has 0 amide bonds. The van der Waals surface area contributed by atoms with Gasteiger partial charge in [-0.2, -0.15) is 0 Å². The van der Waals surface area contributed by atoms with Crippen LogP contribution in [0.2, 0.25) is 0 Å². The fourth-order valence-corrected chi connectivity index (χ4v) is 3.73. The molecule has 8 atom stereocenters. The number of fused-ring (bicyclic) bond motifs is 2. The Kier molecular flexibility index (Phi) is 6.44. The lowest BCUT2D eigenvalue weighted by Gasteiger charge is -2.48. The molecular formula is C18H26O8. The Morgan fingerprint density at radius 1 is 1.19 bits per heavy atom. The predicted molar refractivity (Wildman–Crippen MR) is 89.5 cm³/mol. The van der Waals surface area contributed by atoms with E-state index in [-0.39, 0.29) is 25.2 Å². The number of hydrogen-bond donors (Lipinski definition) is 4. The van der Waals surface area contributed by atoms with Crippen molar-refractivity contribution >= 4 is 5.97 Å². The van der Waals surface area contributed by atoms with Crippen LogP contribution >= 0.6 is 0 Å². The van der Waals surface area contributed by atoms with Crippen LogP contribution in [0, 0.1) is 0 Å². The highest BCUT2D eigenvalue weighted by Gasteiger charge is 2.49. The van der Waals surface area contributed by atoms with Gasteiger partial charge in [-0.15, -0.1) is 0 Å². The minimum absolute atomic E-state index is 0.100. The molecule has 0 spiro atoms. The lowest BCUT2D eigenvalue weighted by Crippen LogP contribution is -2.61. The zero-order valence-corrected chi connectivity index (χ0v) is 14.4. The first-order valence-corrected chi connectivity index (χ1v) is 8.98. The van der Waals surface area contributed by atoms with Gasteiger partial charge in [0.2, 0.25) is 0 Å². The third-order valence-electron chi connectivity index (χ3n) is 5.00. The summed E-state index contributed by atoms with van der Waals surface area (Å²) in [4.78, 5) is 10.9. The number of carbonyl (C=O) groups is 1. The Labute approximate surface area is 151 Å². The number of rotatable bonds is 5. The van der Waals surface area contributed by atoms with Crippen molar-refractivity contribution in [3.63, 3.8) is 0 Å². The van der Waals surface area contributed by atoms with Crippen LogP contribution in [0.4, 0.5) is 0 Å². The second kappa shape index (κ2) is 8.60. The van der Waals surface area contributed by atoms with E-state index in [1.54, 1.807) is 6.08 Å². The molecule has 8 nitrogen and oxygen atoms in total. The van der Waals surface area contributed by atoms with E-state index in [0.29, 0.717) is 19.3 Å². The summed E-state index contributed by atoms with van der Waals surface area (Å²) in [5.74, 6) is -0.930. The van der Waals surface area contributed by atoms with E-state index < -0.39 is 42.6 Å². The molecule has 26 heavy (non-hydrogen) atoms. The number of carboxylic acid groups (broad SMARTS) is 1. The van der Waals surface area contributed by atoms with Gasteiger partial charge in [0.25, 0.3) is 0 Å². The van der Waals surface area contributed by atoms with Gasteiger partial charge >= 0.3 is 5.97 Å². The SMILES string of the molecule is O=C(O)C[C@@H]1CC[C@H]2O[C@H]3CC=C[C@H](/C=C/[C@H](O)CO)O[C@@H]3[C@@H](O)[C@@H]2O1. The first-order valence-electron chi connectivity index (χ1n) is 8.98. The Bertz CT molecular complexity index is 547. The zero-order valence-electron chi connectivity index (χ0n) is 14.4. The maximum Gasteiger partial charge on any atom is 0.305 e. The fourth-order valence-electron chi connectivity index (χ4n) is 3.73. The van der Waals surface area contributed by atoms with Crippen LogP contribution in [0.15, 0.2) is 24.3 Å². The normalized spacial score (nSPS) is 41.3. The Balaban J connectivity index is 1.68.